The van der Waals surface area contributed by atoms with Gasteiger partial charge in [0.15, 0.2) is 0 Å². The summed E-state index contributed by atoms with van der Waals surface area (Å²) in [7, 11) is 0. The molecule has 0 aliphatic carbocycles. The molecule has 0 radical (unpaired) electrons. The lowest BCUT2D eigenvalue weighted by Gasteiger charge is -2.34. The lowest BCUT2D eigenvalue weighted by atomic mass is 10.00. The van der Waals surface area contributed by atoms with E-state index in [1.807, 2.05) is 23.1 Å². The maximum Gasteiger partial charge on any atom is 0.290 e. The van der Waals surface area contributed by atoms with Crippen molar-refractivity contribution in [2.75, 3.05) is 18.0 Å². The van der Waals surface area contributed by atoms with E-state index in [1.165, 1.54) is 0 Å². The van der Waals surface area contributed by atoms with Gasteiger partial charge in [0.25, 0.3) is 5.66 Å². The normalized spacial score (nSPS) is 23.9. The zero-order valence-corrected chi connectivity index (χ0v) is 10.1. The Morgan fingerprint density at radius 3 is 2.88 bits per heavy atom. The van der Waals surface area contributed by atoms with Gasteiger partial charge in [0.2, 0.25) is 0 Å². The van der Waals surface area contributed by atoms with Gasteiger partial charge in [-0.1, -0.05) is 6.07 Å². The molecule has 0 spiro atoms. The molecule has 1 fully saturated rings. The van der Waals surface area contributed by atoms with E-state index in [0.717, 1.165) is 12.4 Å². The first-order valence-electron chi connectivity index (χ1n) is 5.21. The third-order valence-corrected chi connectivity index (χ3v) is 2.84. The van der Waals surface area contributed by atoms with Crippen LogP contribution in [0.3, 0.4) is 0 Å². The second-order valence-corrected chi connectivity index (χ2v) is 4.07. The van der Waals surface area contributed by atoms with Crippen molar-refractivity contribution < 1.29 is 4.92 Å². The molecule has 1 aromatic rings. The quantitative estimate of drug-likeness (QED) is 0.487. The van der Waals surface area contributed by atoms with Crippen LogP contribution in [0.5, 0.6) is 0 Å². The molecule has 1 aromatic heterocycles. The zero-order chi connectivity index (χ0) is 11.6. The summed E-state index contributed by atoms with van der Waals surface area (Å²) in [5, 5.41) is 10.9. The number of anilines is 1. The van der Waals surface area contributed by atoms with E-state index in [9.17, 15) is 10.1 Å². The average molecular weight is 259 g/mol. The minimum atomic E-state index is -1.34. The molecule has 1 aliphatic rings. The second kappa shape index (κ2) is 5.29. The molecule has 0 aromatic carbocycles. The van der Waals surface area contributed by atoms with Gasteiger partial charge in [-0.15, -0.1) is 12.4 Å². The topological polar surface area (TPSA) is 85.3 Å². The molecule has 2 N–H and O–H groups in total. The van der Waals surface area contributed by atoms with Gasteiger partial charge in [-0.2, -0.15) is 0 Å². The Bertz CT molecular complexity index is 389. The van der Waals surface area contributed by atoms with Crippen LogP contribution in [-0.4, -0.2) is 28.7 Å². The Labute approximate surface area is 105 Å². The molecule has 1 unspecified atom stereocenters. The second-order valence-electron chi connectivity index (χ2n) is 4.07. The Morgan fingerprint density at radius 1 is 1.53 bits per heavy atom. The van der Waals surface area contributed by atoms with Gasteiger partial charge in [0.05, 0.1) is 0 Å². The Morgan fingerprint density at radius 2 is 2.29 bits per heavy atom. The van der Waals surface area contributed by atoms with Crippen molar-refractivity contribution in [1.29, 1.82) is 0 Å². The summed E-state index contributed by atoms with van der Waals surface area (Å²) in [4.78, 5) is 16.5. The lowest BCUT2D eigenvalue weighted by Crippen LogP contribution is -2.59. The highest BCUT2D eigenvalue weighted by molar-refractivity contribution is 5.85. The summed E-state index contributed by atoms with van der Waals surface area (Å²) in [6, 6.07) is 5.52. The maximum atomic E-state index is 10.9. The first-order chi connectivity index (χ1) is 7.62. The number of piperidine rings is 1. The van der Waals surface area contributed by atoms with Gasteiger partial charge in [0, 0.05) is 24.1 Å². The van der Waals surface area contributed by atoms with Crippen LogP contribution < -0.4 is 10.6 Å². The molecular formula is C10H15ClN4O2. The van der Waals surface area contributed by atoms with Gasteiger partial charge in [-0.25, -0.2) is 4.98 Å². The molecule has 7 heteroatoms. The molecule has 0 amide bonds. The van der Waals surface area contributed by atoms with Gasteiger partial charge in [0.1, 0.15) is 12.4 Å². The molecular weight excluding hydrogens is 244 g/mol. The molecule has 0 bridgehead atoms. The Kier molecular flexibility index (Phi) is 4.25. The number of pyridine rings is 1. The third kappa shape index (κ3) is 2.83. The van der Waals surface area contributed by atoms with Crippen LogP contribution in [0.4, 0.5) is 5.82 Å². The van der Waals surface area contributed by atoms with Gasteiger partial charge in [-0.05, 0) is 18.6 Å². The zero-order valence-electron chi connectivity index (χ0n) is 9.28. The number of halogens is 1. The molecule has 1 saturated heterocycles. The highest BCUT2D eigenvalue weighted by Crippen LogP contribution is 2.23. The molecule has 1 atom stereocenters. The van der Waals surface area contributed by atoms with E-state index in [-0.39, 0.29) is 23.9 Å². The maximum absolute atomic E-state index is 10.9. The minimum absolute atomic E-state index is 0. The predicted octanol–water partition coefficient (Wildman–Crippen LogP) is 1.04. The number of nitrogens with zero attached hydrogens (tertiary/aromatic N) is 3. The SMILES string of the molecule is Cl.NC1([N+](=O)[O-])CCCN(c2ccccn2)C1. The fourth-order valence-corrected chi connectivity index (χ4v) is 1.95. The molecule has 6 nitrogen and oxygen atoms in total. The molecule has 94 valence electrons. The lowest BCUT2D eigenvalue weighted by molar-refractivity contribution is -0.568. The van der Waals surface area contributed by atoms with Crippen LogP contribution in [0.25, 0.3) is 0 Å². The smallest absolute Gasteiger partial charge is 0.290 e. The molecule has 0 saturated carbocycles. The van der Waals surface area contributed by atoms with Crippen LogP contribution in [-0.2, 0) is 0 Å². The highest BCUT2D eigenvalue weighted by Gasteiger charge is 2.42. The van der Waals surface area contributed by atoms with E-state index in [0.29, 0.717) is 12.8 Å². The van der Waals surface area contributed by atoms with Crippen molar-refractivity contribution in [3.63, 3.8) is 0 Å². The summed E-state index contributed by atoms with van der Waals surface area (Å²) in [5.74, 6) is 0.749. The van der Waals surface area contributed by atoms with Crippen molar-refractivity contribution in [3.05, 3.63) is 34.5 Å². The van der Waals surface area contributed by atoms with Crippen molar-refractivity contribution in [3.8, 4) is 0 Å². The van der Waals surface area contributed by atoms with Crippen LogP contribution >= 0.6 is 12.4 Å². The van der Waals surface area contributed by atoms with Crippen molar-refractivity contribution >= 4 is 18.2 Å². The summed E-state index contributed by atoms with van der Waals surface area (Å²) in [6.07, 6.45) is 2.81. The van der Waals surface area contributed by atoms with Crippen LogP contribution in [0.15, 0.2) is 24.4 Å². The first kappa shape index (κ1) is 13.7. The molecule has 1 aliphatic heterocycles. The number of hydrogen-bond donors (Lipinski definition) is 1. The highest BCUT2D eigenvalue weighted by atomic mass is 35.5. The predicted molar refractivity (Wildman–Crippen MR) is 66.8 cm³/mol. The molecule has 2 rings (SSSR count). The van der Waals surface area contributed by atoms with E-state index >= 15 is 0 Å². The van der Waals surface area contributed by atoms with E-state index < -0.39 is 5.66 Å². The Hall–Kier alpha value is -1.40. The number of nitro groups is 1. The summed E-state index contributed by atoms with van der Waals surface area (Å²) in [5.41, 5.74) is 4.42. The van der Waals surface area contributed by atoms with Gasteiger partial charge < -0.3 is 4.90 Å². The van der Waals surface area contributed by atoms with Crippen molar-refractivity contribution in [2.45, 2.75) is 18.5 Å². The number of hydrogen-bond acceptors (Lipinski definition) is 5. The van der Waals surface area contributed by atoms with Gasteiger partial charge in [-0.3, -0.25) is 15.8 Å². The van der Waals surface area contributed by atoms with E-state index in [1.54, 1.807) is 6.20 Å². The molecule has 17 heavy (non-hydrogen) atoms. The Balaban J connectivity index is 0.00000144. The monoisotopic (exact) mass is 258 g/mol. The average Bonchev–Trinajstić information content (AvgIpc) is 2.30. The summed E-state index contributed by atoms with van der Waals surface area (Å²) >= 11 is 0. The number of rotatable bonds is 2. The van der Waals surface area contributed by atoms with Gasteiger partial charge >= 0.3 is 0 Å². The fourth-order valence-electron chi connectivity index (χ4n) is 1.95. The van der Waals surface area contributed by atoms with Crippen LogP contribution in [0.2, 0.25) is 0 Å². The van der Waals surface area contributed by atoms with E-state index in [4.69, 9.17) is 5.73 Å². The fraction of sp³-hybridized carbons (Fsp3) is 0.500. The third-order valence-electron chi connectivity index (χ3n) is 2.84. The summed E-state index contributed by atoms with van der Waals surface area (Å²) in [6.45, 7) is 0.987. The van der Waals surface area contributed by atoms with E-state index in [2.05, 4.69) is 4.98 Å². The first-order valence-corrected chi connectivity index (χ1v) is 5.21. The minimum Gasteiger partial charge on any atom is -0.348 e. The number of aromatic nitrogens is 1. The molecule has 2 heterocycles. The summed E-state index contributed by atoms with van der Waals surface area (Å²) < 4.78 is 0. The van der Waals surface area contributed by atoms with Crippen LogP contribution in [0, 0.1) is 10.1 Å². The van der Waals surface area contributed by atoms with Crippen LogP contribution in [0.1, 0.15) is 12.8 Å². The number of nitrogens with two attached hydrogens (primary N) is 1. The largest absolute Gasteiger partial charge is 0.348 e. The standard InChI is InChI=1S/C10H14N4O2.ClH/c11-10(14(15)16)5-3-7-13(8-10)9-4-1-2-6-12-9;/h1-2,4,6H,3,5,7-8,11H2;1H. The van der Waals surface area contributed by atoms with Crippen molar-refractivity contribution in [2.24, 2.45) is 5.73 Å². The van der Waals surface area contributed by atoms with Crippen molar-refractivity contribution in [1.82, 2.24) is 4.98 Å².